The lowest BCUT2D eigenvalue weighted by molar-refractivity contribution is -0.133. The maximum Gasteiger partial charge on any atom is 0.260 e. The van der Waals surface area contributed by atoms with E-state index in [1.54, 1.807) is 25.4 Å². The number of nitrogens with zero attached hydrogens (tertiary/aromatic N) is 5. The second-order valence-electron chi connectivity index (χ2n) is 7.46. The molecule has 0 unspecified atom stereocenters. The molecular weight excluding hydrogens is 408 g/mol. The van der Waals surface area contributed by atoms with Gasteiger partial charge in [0.15, 0.2) is 18.2 Å². The van der Waals surface area contributed by atoms with E-state index in [1.165, 1.54) is 0 Å². The molecule has 1 amide bonds. The first-order valence-corrected chi connectivity index (χ1v) is 10.4. The second kappa shape index (κ2) is 9.95. The highest BCUT2D eigenvalue weighted by molar-refractivity contribution is 5.78. The summed E-state index contributed by atoms with van der Waals surface area (Å²) in [6.45, 7) is 4.60. The number of anilines is 3. The van der Waals surface area contributed by atoms with Crippen LogP contribution in [0.2, 0.25) is 0 Å². The largest absolute Gasteiger partial charge is 0.497 e. The first-order valence-electron chi connectivity index (χ1n) is 10.4. The number of benzene rings is 1. The number of pyridine rings is 1. The van der Waals surface area contributed by atoms with Gasteiger partial charge in [-0.3, -0.25) is 4.79 Å². The van der Waals surface area contributed by atoms with Crippen molar-refractivity contribution in [1.29, 1.82) is 0 Å². The number of nitrogens with one attached hydrogen (secondary N) is 1. The quantitative estimate of drug-likeness (QED) is 0.607. The number of carbonyl (C=O) groups is 1. The Bertz CT molecular complexity index is 1050. The van der Waals surface area contributed by atoms with Gasteiger partial charge in [0.2, 0.25) is 0 Å². The Balaban J connectivity index is 1.26. The van der Waals surface area contributed by atoms with Crippen molar-refractivity contribution in [3.05, 3.63) is 60.3 Å². The standard InChI is InChI=1S/C23H26N6O3/c1-17-8-9-24-21(14-17)25-20-6-7-22(27-26-20)28-10-12-29(13-11-28)23(30)16-32-19-5-3-4-18(15-19)31-2/h3-9,14-15H,10-13,16H2,1-2H3,(H,24,25,26). The third kappa shape index (κ3) is 5.42. The lowest BCUT2D eigenvalue weighted by atomic mass is 10.3. The van der Waals surface area contributed by atoms with Crippen molar-refractivity contribution in [3.63, 3.8) is 0 Å². The average molecular weight is 435 g/mol. The number of hydrogen-bond donors (Lipinski definition) is 1. The number of carbonyl (C=O) groups excluding carboxylic acids is 1. The molecule has 1 aliphatic rings. The Morgan fingerprint density at radius 3 is 2.53 bits per heavy atom. The summed E-state index contributed by atoms with van der Waals surface area (Å²) < 4.78 is 10.8. The Morgan fingerprint density at radius 2 is 1.81 bits per heavy atom. The number of rotatable bonds is 7. The van der Waals surface area contributed by atoms with Gasteiger partial charge in [0.1, 0.15) is 17.3 Å². The summed E-state index contributed by atoms with van der Waals surface area (Å²) >= 11 is 0. The zero-order valence-corrected chi connectivity index (χ0v) is 18.2. The fourth-order valence-electron chi connectivity index (χ4n) is 3.41. The van der Waals surface area contributed by atoms with Crippen LogP contribution in [0, 0.1) is 6.92 Å². The molecule has 3 aromatic rings. The van der Waals surface area contributed by atoms with Crippen LogP contribution in [0.4, 0.5) is 17.5 Å². The molecule has 0 bridgehead atoms. The molecule has 4 rings (SSSR count). The van der Waals surface area contributed by atoms with Crippen molar-refractivity contribution < 1.29 is 14.3 Å². The third-order valence-electron chi connectivity index (χ3n) is 5.18. The van der Waals surface area contributed by atoms with Crippen molar-refractivity contribution in [2.45, 2.75) is 6.92 Å². The van der Waals surface area contributed by atoms with Gasteiger partial charge in [-0.25, -0.2) is 4.98 Å². The van der Waals surface area contributed by atoms with Crippen LogP contribution >= 0.6 is 0 Å². The van der Waals surface area contributed by atoms with Crippen LogP contribution < -0.4 is 19.7 Å². The number of aromatic nitrogens is 3. The number of piperazine rings is 1. The maximum atomic E-state index is 12.5. The molecular formula is C23H26N6O3. The maximum absolute atomic E-state index is 12.5. The van der Waals surface area contributed by atoms with Gasteiger partial charge in [0, 0.05) is 38.4 Å². The lowest BCUT2D eigenvalue weighted by Crippen LogP contribution is -2.50. The molecule has 2 aromatic heterocycles. The van der Waals surface area contributed by atoms with Gasteiger partial charge in [-0.05, 0) is 48.9 Å². The highest BCUT2D eigenvalue weighted by Gasteiger charge is 2.22. The van der Waals surface area contributed by atoms with Gasteiger partial charge in [-0.1, -0.05) is 6.07 Å². The fourth-order valence-corrected chi connectivity index (χ4v) is 3.41. The van der Waals surface area contributed by atoms with Crippen LogP contribution in [-0.2, 0) is 4.79 Å². The Kier molecular flexibility index (Phi) is 6.64. The molecule has 3 heterocycles. The van der Waals surface area contributed by atoms with Crippen molar-refractivity contribution in [1.82, 2.24) is 20.1 Å². The molecule has 9 nitrogen and oxygen atoms in total. The predicted molar refractivity (Wildman–Crippen MR) is 122 cm³/mol. The smallest absolute Gasteiger partial charge is 0.260 e. The SMILES string of the molecule is COc1cccc(OCC(=O)N2CCN(c3ccc(Nc4cc(C)ccn4)nn3)CC2)c1. The molecule has 0 radical (unpaired) electrons. The third-order valence-corrected chi connectivity index (χ3v) is 5.18. The highest BCUT2D eigenvalue weighted by atomic mass is 16.5. The molecule has 1 N–H and O–H groups in total. The summed E-state index contributed by atoms with van der Waals surface area (Å²) in [6, 6.07) is 14.9. The number of hydrogen-bond acceptors (Lipinski definition) is 8. The summed E-state index contributed by atoms with van der Waals surface area (Å²) in [5, 5.41) is 11.7. The van der Waals surface area contributed by atoms with E-state index in [4.69, 9.17) is 9.47 Å². The predicted octanol–water partition coefficient (Wildman–Crippen LogP) is 2.66. The van der Waals surface area contributed by atoms with Gasteiger partial charge < -0.3 is 24.6 Å². The topological polar surface area (TPSA) is 92.7 Å². The minimum absolute atomic E-state index is 0.000333. The van der Waals surface area contributed by atoms with E-state index in [2.05, 4.69) is 25.4 Å². The normalized spacial score (nSPS) is 13.6. The number of ether oxygens (including phenoxy) is 2. The molecule has 0 aliphatic carbocycles. The fraction of sp³-hybridized carbons (Fsp3) is 0.304. The number of methoxy groups -OCH3 is 1. The van der Waals surface area contributed by atoms with E-state index in [9.17, 15) is 4.79 Å². The van der Waals surface area contributed by atoms with Crippen LogP contribution in [-0.4, -0.2) is 65.9 Å². The van der Waals surface area contributed by atoms with Crippen LogP contribution in [0.25, 0.3) is 0 Å². The summed E-state index contributed by atoms with van der Waals surface area (Å²) in [5.74, 6) is 3.42. The van der Waals surface area contributed by atoms with Crippen LogP contribution in [0.5, 0.6) is 11.5 Å². The molecule has 166 valence electrons. The van der Waals surface area contributed by atoms with E-state index < -0.39 is 0 Å². The highest BCUT2D eigenvalue weighted by Crippen LogP contribution is 2.20. The van der Waals surface area contributed by atoms with Crippen molar-refractivity contribution in [2.24, 2.45) is 0 Å². The minimum Gasteiger partial charge on any atom is -0.497 e. The van der Waals surface area contributed by atoms with Gasteiger partial charge in [-0.2, -0.15) is 0 Å². The molecule has 9 heteroatoms. The molecule has 1 saturated heterocycles. The van der Waals surface area contributed by atoms with Crippen molar-refractivity contribution >= 4 is 23.4 Å². The van der Waals surface area contributed by atoms with Crippen LogP contribution in [0.1, 0.15) is 5.56 Å². The van der Waals surface area contributed by atoms with E-state index in [0.717, 1.165) is 17.2 Å². The Hall–Kier alpha value is -3.88. The first kappa shape index (κ1) is 21.4. The van der Waals surface area contributed by atoms with Crippen LogP contribution in [0.15, 0.2) is 54.7 Å². The number of aryl methyl sites for hydroxylation is 1. The first-order chi connectivity index (χ1) is 15.6. The molecule has 32 heavy (non-hydrogen) atoms. The average Bonchev–Trinajstić information content (AvgIpc) is 2.83. The summed E-state index contributed by atoms with van der Waals surface area (Å²) in [4.78, 5) is 20.7. The van der Waals surface area contributed by atoms with Gasteiger partial charge >= 0.3 is 0 Å². The molecule has 1 aliphatic heterocycles. The van der Waals surface area contributed by atoms with Crippen LogP contribution in [0.3, 0.4) is 0 Å². The molecule has 1 fully saturated rings. The monoisotopic (exact) mass is 434 g/mol. The molecule has 0 spiro atoms. The van der Waals surface area contributed by atoms with E-state index in [1.807, 2.05) is 48.2 Å². The molecule has 0 saturated carbocycles. The van der Waals surface area contributed by atoms with E-state index >= 15 is 0 Å². The van der Waals surface area contributed by atoms with Crippen molar-refractivity contribution in [2.75, 3.05) is 50.1 Å². The molecule has 1 aromatic carbocycles. The van der Waals surface area contributed by atoms with E-state index in [-0.39, 0.29) is 12.5 Å². The summed E-state index contributed by atoms with van der Waals surface area (Å²) in [5.41, 5.74) is 1.12. The Labute approximate surface area is 187 Å². The second-order valence-corrected chi connectivity index (χ2v) is 7.46. The number of amides is 1. The molecule has 0 atom stereocenters. The van der Waals surface area contributed by atoms with E-state index in [0.29, 0.717) is 43.5 Å². The van der Waals surface area contributed by atoms with Gasteiger partial charge in [0.25, 0.3) is 5.91 Å². The van der Waals surface area contributed by atoms with Crippen molar-refractivity contribution in [3.8, 4) is 11.5 Å². The minimum atomic E-state index is -0.0382. The summed E-state index contributed by atoms with van der Waals surface area (Å²) in [7, 11) is 1.60. The Morgan fingerprint density at radius 1 is 1.00 bits per heavy atom. The summed E-state index contributed by atoms with van der Waals surface area (Å²) in [6.07, 6.45) is 1.75. The van der Waals surface area contributed by atoms with Gasteiger partial charge in [0.05, 0.1) is 7.11 Å². The zero-order valence-electron chi connectivity index (χ0n) is 18.2. The zero-order chi connectivity index (χ0) is 22.3. The lowest BCUT2D eigenvalue weighted by Gasteiger charge is -2.35. The van der Waals surface area contributed by atoms with Gasteiger partial charge in [-0.15, -0.1) is 10.2 Å².